The van der Waals surface area contributed by atoms with Crippen LogP contribution in [0.2, 0.25) is 5.02 Å². The summed E-state index contributed by atoms with van der Waals surface area (Å²) in [7, 11) is 0. The fraction of sp³-hybridized carbons (Fsp3) is 0.100. The van der Waals surface area contributed by atoms with Gasteiger partial charge < -0.3 is 5.32 Å². The molecule has 0 aliphatic heterocycles. The monoisotopic (exact) mass is 399 g/mol. The first-order valence-corrected chi connectivity index (χ1v) is 9.62. The second-order valence-electron chi connectivity index (χ2n) is 6.05. The van der Waals surface area contributed by atoms with E-state index in [2.05, 4.69) is 10.3 Å². The summed E-state index contributed by atoms with van der Waals surface area (Å²) >= 11 is 7.29. The van der Waals surface area contributed by atoms with E-state index in [4.69, 9.17) is 11.6 Å². The molecular weight excluding hydrogens is 385 g/mol. The number of carbonyl (C=O) groups is 1. The minimum atomic E-state index is -0.510. The number of aromatic nitrogens is 2. The van der Waals surface area contributed by atoms with E-state index in [1.54, 1.807) is 11.3 Å². The second kappa shape index (κ2) is 7.50. The number of amides is 1. The molecule has 1 amide bonds. The zero-order chi connectivity index (χ0) is 18.8. The molecule has 1 N–H and O–H groups in total. The molecule has 0 unspecified atom stereocenters. The Labute approximate surface area is 164 Å². The molecule has 0 saturated heterocycles. The number of halogens is 2. The third-order valence-electron chi connectivity index (χ3n) is 4.16. The fourth-order valence-electron chi connectivity index (χ4n) is 2.80. The molecule has 0 aliphatic rings. The zero-order valence-electron chi connectivity index (χ0n) is 14.2. The summed E-state index contributed by atoms with van der Waals surface area (Å²) in [5.41, 5.74) is 3.48. The van der Waals surface area contributed by atoms with Gasteiger partial charge in [-0.2, -0.15) is 0 Å². The van der Waals surface area contributed by atoms with Crippen LogP contribution >= 0.6 is 22.9 Å². The lowest BCUT2D eigenvalue weighted by Crippen LogP contribution is -2.12. The van der Waals surface area contributed by atoms with E-state index in [1.807, 2.05) is 46.3 Å². The van der Waals surface area contributed by atoms with Crippen molar-refractivity contribution in [2.24, 2.45) is 0 Å². The van der Waals surface area contributed by atoms with Crippen molar-refractivity contribution < 1.29 is 9.18 Å². The SMILES string of the molecule is O=C(CCc1csc2nc(-c3ccccc3)cn12)Nc1ccc(F)c(Cl)c1. The highest BCUT2D eigenvalue weighted by molar-refractivity contribution is 7.15. The number of fused-ring (bicyclic) bond motifs is 1. The summed E-state index contributed by atoms with van der Waals surface area (Å²) in [5, 5.41) is 4.74. The van der Waals surface area contributed by atoms with Crippen LogP contribution in [0.15, 0.2) is 60.1 Å². The molecule has 2 heterocycles. The molecule has 4 rings (SSSR count). The van der Waals surface area contributed by atoms with Crippen LogP contribution in [0.25, 0.3) is 16.2 Å². The number of rotatable bonds is 5. The number of hydrogen-bond acceptors (Lipinski definition) is 3. The standard InChI is InChI=1S/C20H15ClFN3OS/c21-16-10-14(6-8-17(16)22)23-19(26)9-7-15-12-27-20-24-18(11-25(15)20)13-4-2-1-3-5-13/h1-6,8,10-12H,7,9H2,(H,23,26). The normalized spacial score (nSPS) is 11.0. The van der Waals surface area contributed by atoms with Crippen molar-refractivity contribution in [3.8, 4) is 11.3 Å². The summed E-state index contributed by atoms with van der Waals surface area (Å²) < 4.78 is 15.2. The molecule has 4 nitrogen and oxygen atoms in total. The van der Waals surface area contributed by atoms with Crippen molar-refractivity contribution in [1.82, 2.24) is 9.38 Å². The van der Waals surface area contributed by atoms with Crippen molar-refractivity contribution in [2.45, 2.75) is 12.8 Å². The van der Waals surface area contributed by atoms with Gasteiger partial charge in [0.05, 0.1) is 10.7 Å². The third kappa shape index (κ3) is 3.86. The zero-order valence-corrected chi connectivity index (χ0v) is 15.7. The van der Waals surface area contributed by atoms with E-state index in [1.165, 1.54) is 18.2 Å². The highest BCUT2D eigenvalue weighted by Gasteiger charge is 2.11. The van der Waals surface area contributed by atoms with Crippen LogP contribution in [-0.2, 0) is 11.2 Å². The number of benzene rings is 2. The molecule has 0 aliphatic carbocycles. The first kappa shape index (κ1) is 17.7. The lowest BCUT2D eigenvalue weighted by atomic mass is 10.2. The van der Waals surface area contributed by atoms with E-state index >= 15 is 0 Å². The van der Waals surface area contributed by atoms with Crippen LogP contribution in [0.1, 0.15) is 12.1 Å². The summed E-state index contributed by atoms with van der Waals surface area (Å²) in [6, 6.07) is 14.1. The topological polar surface area (TPSA) is 46.4 Å². The van der Waals surface area contributed by atoms with E-state index in [0.717, 1.165) is 21.9 Å². The third-order valence-corrected chi connectivity index (χ3v) is 5.34. The van der Waals surface area contributed by atoms with Crippen molar-refractivity contribution in [2.75, 3.05) is 5.32 Å². The summed E-state index contributed by atoms with van der Waals surface area (Å²) in [4.78, 5) is 17.7. The van der Waals surface area contributed by atoms with Crippen LogP contribution in [0.4, 0.5) is 10.1 Å². The van der Waals surface area contributed by atoms with Crippen LogP contribution in [-0.4, -0.2) is 15.3 Å². The first-order chi connectivity index (χ1) is 13.1. The summed E-state index contributed by atoms with van der Waals surface area (Å²) in [6.07, 6.45) is 2.87. The number of imidazole rings is 1. The molecule has 0 fully saturated rings. The smallest absolute Gasteiger partial charge is 0.224 e. The summed E-state index contributed by atoms with van der Waals surface area (Å²) in [5.74, 6) is -0.662. The van der Waals surface area contributed by atoms with Gasteiger partial charge in [-0.05, 0) is 24.6 Å². The van der Waals surface area contributed by atoms with Crippen LogP contribution in [0.5, 0.6) is 0 Å². The molecule has 0 bridgehead atoms. The van der Waals surface area contributed by atoms with Crippen molar-refractivity contribution in [3.63, 3.8) is 0 Å². The average Bonchev–Trinajstić information content (AvgIpc) is 3.25. The van der Waals surface area contributed by atoms with Gasteiger partial charge in [-0.25, -0.2) is 9.37 Å². The number of thiazole rings is 1. The molecule has 7 heteroatoms. The molecule has 0 spiro atoms. The Morgan fingerprint density at radius 1 is 1.22 bits per heavy atom. The lowest BCUT2D eigenvalue weighted by molar-refractivity contribution is -0.116. The largest absolute Gasteiger partial charge is 0.326 e. The maximum absolute atomic E-state index is 13.2. The van der Waals surface area contributed by atoms with Gasteiger partial charge in [-0.3, -0.25) is 9.20 Å². The number of anilines is 1. The minimum absolute atomic E-state index is 0.0146. The molecular formula is C20H15ClFN3OS. The van der Waals surface area contributed by atoms with Gasteiger partial charge in [0.2, 0.25) is 5.91 Å². The Kier molecular flexibility index (Phi) is 4.92. The molecule has 27 heavy (non-hydrogen) atoms. The number of hydrogen-bond donors (Lipinski definition) is 1. The number of nitrogens with zero attached hydrogens (tertiary/aromatic N) is 2. The maximum Gasteiger partial charge on any atom is 0.224 e. The van der Waals surface area contributed by atoms with E-state index in [9.17, 15) is 9.18 Å². The molecule has 4 aromatic rings. The van der Waals surface area contributed by atoms with E-state index in [-0.39, 0.29) is 10.9 Å². The van der Waals surface area contributed by atoms with Gasteiger partial charge in [0.25, 0.3) is 0 Å². The quantitative estimate of drug-likeness (QED) is 0.486. The number of aryl methyl sites for hydroxylation is 1. The Balaban J connectivity index is 1.45. The van der Waals surface area contributed by atoms with Crippen LogP contribution in [0.3, 0.4) is 0 Å². The number of carbonyl (C=O) groups excluding carboxylic acids is 1. The minimum Gasteiger partial charge on any atom is -0.326 e. The second-order valence-corrected chi connectivity index (χ2v) is 7.29. The maximum atomic E-state index is 13.2. The molecule has 0 radical (unpaired) electrons. The molecule has 0 saturated carbocycles. The molecule has 0 atom stereocenters. The Morgan fingerprint density at radius 2 is 2.04 bits per heavy atom. The Morgan fingerprint density at radius 3 is 2.81 bits per heavy atom. The van der Waals surface area contributed by atoms with E-state index < -0.39 is 5.82 Å². The number of nitrogens with one attached hydrogen (secondary N) is 1. The van der Waals surface area contributed by atoms with Crippen molar-refractivity contribution in [3.05, 3.63) is 76.6 Å². The highest BCUT2D eigenvalue weighted by Crippen LogP contribution is 2.24. The van der Waals surface area contributed by atoms with Gasteiger partial charge in [0.1, 0.15) is 5.82 Å². The highest BCUT2D eigenvalue weighted by atomic mass is 35.5. The van der Waals surface area contributed by atoms with Crippen molar-refractivity contribution >= 4 is 39.5 Å². The van der Waals surface area contributed by atoms with Gasteiger partial charge in [-0.1, -0.05) is 41.9 Å². The summed E-state index contributed by atoms with van der Waals surface area (Å²) in [6.45, 7) is 0. The van der Waals surface area contributed by atoms with Gasteiger partial charge >= 0.3 is 0 Å². The molecule has 2 aromatic heterocycles. The first-order valence-electron chi connectivity index (χ1n) is 8.36. The van der Waals surface area contributed by atoms with E-state index in [0.29, 0.717) is 18.5 Å². The Hall–Kier alpha value is -2.70. The predicted octanol–water partition coefficient (Wildman–Crippen LogP) is 5.43. The fourth-order valence-corrected chi connectivity index (χ4v) is 3.88. The van der Waals surface area contributed by atoms with Crippen molar-refractivity contribution in [1.29, 1.82) is 0 Å². The van der Waals surface area contributed by atoms with Gasteiger partial charge in [-0.15, -0.1) is 11.3 Å². The van der Waals surface area contributed by atoms with Gasteiger partial charge in [0.15, 0.2) is 4.96 Å². The molecule has 2 aromatic carbocycles. The average molecular weight is 400 g/mol. The lowest BCUT2D eigenvalue weighted by Gasteiger charge is -2.06. The predicted molar refractivity (Wildman–Crippen MR) is 107 cm³/mol. The van der Waals surface area contributed by atoms with Gasteiger partial charge in [0, 0.05) is 34.9 Å². The van der Waals surface area contributed by atoms with Crippen LogP contribution in [0, 0.1) is 5.82 Å². The molecule has 136 valence electrons. The Bertz CT molecular complexity index is 1110. The van der Waals surface area contributed by atoms with Crippen LogP contribution < -0.4 is 5.32 Å².